The highest BCUT2D eigenvalue weighted by atomic mass is 127. The molecule has 0 spiro atoms. The van der Waals surface area contributed by atoms with E-state index in [1.54, 1.807) is 11.8 Å². The Morgan fingerprint density at radius 1 is 0.731 bits per heavy atom. The van der Waals surface area contributed by atoms with Crippen molar-refractivity contribution in [1.29, 1.82) is 0 Å². The van der Waals surface area contributed by atoms with Gasteiger partial charge in [0, 0.05) is 6.20 Å². The Balaban J connectivity index is 1.97. The fourth-order valence-corrected chi connectivity index (χ4v) is 5.09. The van der Waals surface area contributed by atoms with E-state index in [9.17, 15) is 0 Å². The first kappa shape index (κ1) is 17.6. The first-order valence-corrected chi connectivity index (χ1v) is 10.4. The van der Waals surface area contributed by atoms with Gasteiger partial charge in [-0.25, -0.2) is 0 Å². The number of thioether (sulfide) groups is 1. The molecule has 0 aromatic heterocycles. The zero-order valence-corrected chi connectivity index (χ0v) is 17.1. The first-order valence-electron chi connectivity index (χ1n) is 8.48. The van der Waals surface area contributed by atoms with Gasteiger partial charge in [-0.3, -0.25) is 5.32 Å². The molecule has 1 aliphatic heterocycles. The van der Waals surface area contributed by atoms with Gasteiger partial charge in [-0.2, -0.15) is 0 Å². The van der Waals surface area contributed by atoms with Crippen LogP contribution in [0.15, 0.2) is 103 Å². The molecule has 0 bridgehead atoms. The van der Waals surface area contributed by atoms with Crippen LogP contribution in [0.1, 0.15) is 16.7 Å². The molecule has 0 amide bonds. The van der Waals surface area contributed by atoms with Gasteiger partial charge >= 0.3 is 0 Å². The Morgan fingerprint density at radius 2 is 1.15 bits per heavy atom. The Hall–Kier alpha value is -1.76. The van der Waals surface area contributed by atoms with E-state index >= 15 is 0 Å². The molecule has 0 fully saturated rings. The second-order valence-electron chi connectivity index (χ2n) is 6.13. The van der Waals surface area contributed by atoms with Crippen LogP contribution < -0.4 is 10.6 Å². The second-order valence-corrected chi connectivity index (χ2v) is 9.60. The van der Waals surface area contributed by atoms with Gasteiger partial charge in [0.1, 0.15) is 0 Å². The van der Waals surface area contributed by atoms with E-state index in [2.05, 4.69) is 130 Å². The average Bonchev–Trinajstić information content (AvgIpc) is 3.14. The Morgan fingerprint density at radius 3 is 1.50 bits per heavy atom. The predicted octanol–water partition coefficient (Wildman–Crippen LogP) is 5.42. The average molecular weight is 470 g/mol. The maximum Gasteiger partial charge on any atom is 0.194 e. The minimum absolute atomic E-state index is 0.334. The van der Waals surface area contributed by atoms with Gasteiger partial charge < -0.3 is 5.32 Å². The van der Waals surface area contributed by atoms with Crippen LogP contribution in [0, 0.1) is 0 Å². The molecule has 4 heteroatoms. The number of benzene rings is 3. The number of nitrogens with one attached hydrogen (secondary N) is 2. The van der Waals surface area contributed by atoms with Crippen molar-refractivity contribution in [3.63, 3.8) is 0 Å². The van der Waals surface area contributed by atoms with Crippen molar-refractivity contribution in [2.45, 2.75) is 8.54 Å². The summed E-state index contributed by atoms with van der Waals surface area (Å²) in [7, 11) is 0. The third-order valence-corrected chi connectivity index (χ3v) is 6.70. The summed E-state index contributed by atoms with van der Waals surface area (Å²) < 4.78 is -0.334. The van der Waals surface area contributed by atoms with Crippen LogP contribution in [0.4, 0.5) is 0 Å². The molecule has 3 aromatic carbocycles. The maximum absolute atomic E-state index is 3.93. The summed E-state index contributed by atoms with van der Waals surface area (Å²) in [6, 6.07) is 32.0. The molecular formula is C22H19IN2S. The van der Waals surface area contributed by atoms with E-state index in [0.717, 1.165) is 0 Å². The summed E-state index contributed by atoms with van der Waals surface area (Å²) in [4.78, 5) is 0. The van der Waals surface area contributed by atoms with Crippen LogP contribution in [0.3, 0.4) is 0 Å². The molecule has 1 aliphatic rings. The molecule has 1 unspecified atom stereocenters. The molecule has 0 aliphatic carbocycles. The molecule has 0 saturated carbocycles. The molecule has 2 nitrogen and oxygen atoms in total. The quantitative estimate of drug-likeness (QED) is 0.225. The summed E-state index contributed by atoms with van der Waals surface area (Å²) in [6.45, 7) is 0. The Kier molecular flexibility index (Phi) is 5.07. The van der Waals surface area contributed by atoms with Crippen molar-refractivity contribution in [3.05, 3.63) is 119 Å². The zero-order chi connectivity index (χ0) is 17.9. The maximum atomic E-state index is 3.93. The van der Waals surface area contributed by atoms with Gasteiger partial charge in [-0.05, 0) is 44.7 Å². The summed E-state index contributed by atoms with van der Waals surface area (Å²) in [6.07, 6.45) is 2.00. The van der Waals surface area contributed by atoms with Crippen molar-refractivity contribution in [3.8, 4) is 0 Å². The van der Waals surface area contributed by atoms with E-state index < -0.39 is 5.54 Å². The normalized spacial score (nSPS) is 19.3. The highest BCUT2D eigenvalue weighted by molar-refractivity contribution is 14.1. The summed E-state index contributed by atoms with van der Waals surface area (Å²) in [5.74, 6) is 0. The van der Waals surface area contributed by atoms with E-state index in [1.807, 2.05) is 6.20 Å². The number of halogens is 1. The molecule has 3 aromatic rings. The minimum Gasteiger partial charge on any atom is -0.356 e. The van der Waals surface area contributed by atoms with Crippen LogP contribution in [0.25, 0.3) is 0 Å². The zero-order valence-electron chi connectivity index (χ0n) is 14.1. The molecule has 0 radical (unpaired) electrons. The molecule has 26 heavy (non-hydrogen) atoms. The number of hydrogen-bond acceptors (Lipinski definition) is 3. The van der Waals surface area contributed by atoms with Crippen molar-refractivity contribution >= 4 is 34.4 Å². The van der Waals surface area contributed by atoms with Crippen molar-refractivity contribution in [1.82, 2.24) is 10.6 Å². The fourth-order valence-electron chi connectivity index (χ4n) is 3.39. The summed E-state index contributed by atoms with van der Waals surface area (Å²) in [5.41, 5.74) is 3.16. The van der Waals surface area contributed by atoms with Crippen LogP contribution in [-0.4, -0.2) is 3.00 Å². The summed E-state index contributed by atoms with van der Waals surface area (Å²) >= 11 is 4.19. The number of alkyl halides is 1. The van der Waals surface area contributed by atoms with Crippen LogP contribution in [-0.2, 0) is 5.54 Å². The fraction of sp³-hybridized carbons (Fsp3) is 0.0909. The van der Waals surface area contributed by atoms with Gasteiger partial charge in [0.25, 0.3) is 0 Å². The van der Waals surface area contributed by atoms with Gasteiger partial charge in [-0.15, -0.1) is 0 Å². The Bertz CT molecular complexity index is 777. The first-order chi connectivity index (χ1) is 12.7. The highest BCUT2D eigenvalue weighted by Crippen LogP contribution is 2.43. The largest absolute Gasteiger partial charge is 0.356 e. The number of rotatable bonds is 5. The van der Waals surface area contributed by atoms with Crippen molar-refractivity contribution < 1.29 is 0 Å². The molecule has 1 atom stereocenters. The molecular weight excluding hydrogens is 451 g/mol. The number of hydrogen-bond donors (Lipinski definition) is 2. The van der Waals surface area contributed by atoms with Gasteiger partial charge in [0.2, 0.25) is 0 Å². The van der Waals surface area contributed by atoms with Gasteiger partial charge in [0.15, 0.2) is 3.00 Å². The lowest BCUT2D eigenvalue weighted by Crippen LogP contribution is -2.56. The third-order valence-electron chi connectivity index (χ3n) is 4.54. The molecule has 1 heterocycles. The van der Waals surface area contributed by atoms with Crippen molar-refractivity contribution in [2.24, 2.45) is 0 Å². The SMILES string of the molecule is IC1(NC(c2ccccc2)(c2ccccc2)c2ccccc2)NC=CS1. The Labute approximate surface area is 172 Å². The monoisotopic (exact) mass is 470 g/mol. The van der Waals surface area contributed by atoms with E-state index in [-0.39, 0.29) is 3.00 Å². The van der Waals surface area contributed by atoms with Crippen LogP contribution in [0.5, 0.6) is 0 Å². The molecule has 0 saturated heterocycles. The molecule has 130 valence electrons. The predicted molar refractivity (Wildman–Crippen MR) is 119 cm³/mol. The lowest BCUT2D eigenvalue weighted by molar-refractivity contribution is 0.431. The lowest BCUT2D eigenvalue weighted by Gasteiger charge is -2.42. The second kappa shape index (κ2) is 7.47. The van der Waals surface area contributed by atoms with Gasteiger partial charge in [-0.1, -0.05) is 103 Å². The van der Waals surface area contributed by atoms with E-state index in [0.29, 0.717) is 0 Å². The third kappa shape index (κ3) is 3.29. The minimum atomic E-state index is -0.475. The van der Waals surface area contributed by atoms with Crippen molar-refractivity contribution in [2.75, 3.05) is 0 Å². The molecule has 4 rings (SSSR count). The summed E-state index contributed by atoms with van der Waals surface area (Å²) in [5, 5.41) is 9.47. The topological polar surface area (TPSA) is 24.1 Å². The van der Waals surface area contributed by atoms with Crippen LogP contribution in [0.2, 0.25) is 0 Å². The van der Waals surface area contributed by atoms with E-state index in [4.69, 9.17) is 0 Å². The molecule has 2 N–H and O–H groups in total. The smallest absolute Gasteiger partial charge is 0.194 e. The lowest BCUT2D eigenvalue weighted by atomic mass is 9.77. The van der Waals surface area contributed by atoms with Gasteiger partial charge in [0.05, 0.1) is 5.54 Å². The highest BCUT2D eigenvalue weighted by Gasteiger charge is 2.43. The standard InChI is InChI=1S/C22H19IN2S/c23-22(24-16-17-26-22)25-21(18-10-4-1-5-11-18,19-12-6-2-7-13-19)20-14-8-3-9-15-20/h1-17,24-25H. The van der Waals surface area contributed by atoms with E-state index in [1.165, 1.54) is 16.7 Å². The van der Waals surface area contributed by atoms with Crippen LogP contribution >= 0.6 is 34.4 Å².